The molecule has 2 aromatic rings. The molecule has 1 aliphatic carbocycles. The van der Waals surface area contributed by atoms with Crippen LogP contribution in [0.5, 0.6) is 0 Å². The Morgan fingerprint density at radius 3 is 2.82 bits per heavy atom. The molecule has 0 aromatic carbocycles. The van der Waals surface area contributed by atoms with Gasteiger partial charge in [0.25, 0.3) is 0 Å². The molecule has 0 N–H and O–H groups in total. The van der Waals surface area contributed by atoms with Crippen LogP contribution in [0.2, 0.25) is 0 Å². The average molecular weight is 321 g/mol. The highest BCUT2D eigenvalue weighted by atomic mass is 32.1. The first kappa shape index (κ1) is 14.2. The van der Waals surface area contributed by atoms with E-state index in [2.05, 4.69) is 5.10 Å². The molecule has 2 aliphatic rings. The first-order chi connectivity index (χ1) is 10.8. The Kier molecular flexibility index (Phi) is 3.85. The summed E-state index contributed by atoms with van der Waals surface area (Å²) < 4.78 is 14.5. The Hall–Kier alpha value is -1.44. The van der Waals surface area contributed by atoms with Gasteiger partial charge in [0.2, 0.25) is 0 Å². The molecule has 118 valence electrons. The van der Waals surface area contributed by atoms with Gasteiger partial charge in [-0.1, -0.05) is 6.07 Å². The zero-order valence-corrected chi connectivity index (χ0v) is 13.1. The summed E-state index contributed by atoms with van der Waals surface area (Å²) >= 11 is 1.62. The van der Waals surface area contributed by atoms with Gasteiger partial charge < -0.3 is 9.47 Å². The number of ether oxygens (including phenoxy) is 2. The van der Waals surface area contributed by atoms with Gasteiger partial charge >= 0.3 is 5.69 Å². The monoisotopic (exact) mass is 321 g/mol. The fourth-order valence-corrected chi connectivity index (χ4v) is 3.44. The van der Waals surface area contributed by atoms with Crippen LogP contribution in [0.1, 0.15) is 31.7 Å². The van der Waals surface area contributed by atoms with E-state index in [-0.39, 0.29) is 12.0 Å². The highest BCUT2D eigenvalue weighted by Gasteiger charge is 2.30. The van der Waals surface area contributed by atoms with Gasteiger partial charge in [-0.15, -0.1) is 16.4 Å². The van der Waals surface area contributed by atoms with Crippen LogP contribution in [0.15, 0.2) is 22.3 Å². The Morgan fingerprint density at radius 2 is 2.14 bits per heavy atom. The molecule has 1 saturated carbocycles. The molecule has 0 radical (unpaired) electrons. The zero-order valence-electron chi connectivity index (χ0n) is 12.3. The van der Waals surface area contributed by atoms with E-state index in [0.29, 0.717) is 19.0 Å². The number of thiophene rings is 1. The summed E-state index contributed by atoms with van der Waals surface area (Å²) in [6, 6.07) is 4.33. The van der Waals surface area contributed by atoms with E-state index in [1.807, 2.05) is 22.1 Å². The minimum absolute atomic E-state index is 0.0123. The van der Waals surface area contributed by atoms with Gasteiger partial charge in [0.15, 0.2) is 12.1 Å². The number of hydrogen-bond acceptors (Lipinski definition) is 5. The lowest BCUT2D eigenvalue weighted by Gasteiger charge is -2.22. The maximum absolute atomic E-state index is 12.6. The van der Waals surface area contributed by atoms with E-state index >= 15 is 0 Å². The van der Waals surface area contributed by atoms with Gasteiger partial charge in [-0.3, -0.25) is 4.57 Å². The van der Waals surface area contributed by atoms with Crippen LogP contribution < -0.4 is 5.69 Å². The molecule has 22 heavy (non-hydrogen) atoms. The lowest BCUT2D eigenvalue weighted by Crippen LogP contribution is -2.29. The van der Waals surface area contributed by atoms with Crippen molar-refractivity contribution in [3.63, 3.8) is 0 Å². The number of aryl methyl sites for hydroxylation is 1. The number of rotatable bonds is 5. The average Bonchev–Trinajstić information content (AvgIpc) is 3.12. The second kappa shape index (κ2) is 5.98. The van der Waals surface area contributed by atoms with Crippen molar-refractivity contribution in [3.8, 4) is 10.7 Å². The highest BCUT2D eigenvalue weighted by Crippen LogP contribution is 2.37. The molecular formula is C15H19N3O3S. The lowest BCUT2D eigenvalue weighted by atomic mass is 10.3. The Bertz CT molecular complexity index is 681. The third-order valence-corrected chi connectivity index (χ3v) is 4.86. The minimum atomic E-state index is -0.211. The number of aromatic nitrogens is 3. The van der Waals surface area contributed by atoms with Crippen molar-refractivity contribution in [2.75, 3.05) is 13.2 Å². The second-order valence-corrected chi connectivity index (χ2v) is 6.67. The predicted molar refractivity (Wildman–Crippen MR) is 83.0 cm³/mol. The van der Waals surface area contributed by atoms with Crippen molar-refractivity contribution >= 4 is 11.3 Å². The van der Waals surface area contributed by atoms with Crippen molar-refractivity contribution < 1.29 is 9.47 Å². The second-order valence-electron chi connectivity index (χ2n) is 5.72. The fraction of sp³-hybridized carbons (Fsp3) is 0.600. The number of nitrogens with zero attached hydrogens (tertiary/aromatic N) is 3. The van der Waals surface area contributed by atoms with Gasteiger partial charge in [0, 0.05) is 12.5 Å². The topological polar surface area (TPSA) is 58.3 Å². The van der Waals surface area contributed by atoms with Crippen LogP contribution in [0.25, 0.3) is 10.7 Å². The molecular weight excluding hydrogens is 302 g/mol. The molecule has 1 aliphatic heterocycles. The van der Waals surface area contributed by atoms with Crippen molar-refractivity contribution in [2.45, 2.75) is 44.6 Å². The van der Waals surface area contributed by atoms with E-state index in [0.717, 1.165) is 43.2 Å². The standard InChI is InChI=1S/C15H19N3O3S/c19-15-17(7-6-13-20-8-2-9-21-13)16-14(12-3-1-10-22-12)18(15)11-4-5-11/h1,3,10-11,13H,2,4-9H2. The molecule has 7 heteroatoms. The third-order valence-electron chi connectivity index (χ3n) is 4.00. The van der Waals surface area contributed by atoms with Gasteiger partial charge in [-0.05, 0) is 30.7 Å². The van der Waals surface area contributed by atoms with Crippen molar-refractivity contribution in [3.05, 3.63) is 28.0 Å². The van der Waals surface area contributed by atoms with Crippen molar-refractivity contribution in [1.29, 1.82) is 0 Å². The maximum Gasteiger partial charge on any atom is 0.346 e. The quantitative estimate of drug-likeness (QED) is 0.847. The molecule has 0 spiro atoms. The van der Waals surface area contributed by atoms with Crippen LogP contribution in [0, 0.1) is 0 Å². The van der Waals surface area contributed by atoms with Gasteiger partial charge in [0.05, 0.1) is 24.6 Å². The normalized spacial score (nSPS) is 19.6. The molecule has 2 fully saturated rings. The van der Waals surface area contributed by atoms with Crippen LogP contribution in [-0.4, -0.2) is 33.9 Å². The van der Waals surface area contributed by atoms with E-state index in [9.17, 15) is 4.79 Å². The Labute approximate surface area is 132 Å². The van der Waals surface area contributed by atoms with Crippen LogP contribution >= 0.6 is 11.3 Å². The van der Waals surface area contributed by atoms with E-state index < -0.39 is 0 Å². The molecule has 0 amide bonds. The van der Waals surface area contributed by atoms with Crippen LogP contribution in [-0.2, 0) is 16.0 Å². The summed E-state index contributed by atoms with van der Waals surface area (Å²) in [7, 11) is 0. The van der Waals surface area contributed by atoms with Crippen molar-refractivity contribution in [2.24, 2.45) is 0 Å². The van der Waals surface area contributed by atoms with E-state index in [1.165, 1.54) is 0 Å². The van der Waals surface area contributed by atoms with Gasteiger partial charge in [0.1, 0.15) is 0 Å². The lowest BCUT2D eigenvalue weighted by molar-refractivity contribution is -0.182. The molecule has 4 rings (SSSR count). The molecule has 0 unspecified atom stereocenters. The molecule has 3 heterocycles. The first-order valence-corrected chi connectivity index (χ1v) is 8.67. The molecule has 6 nitrogen and oxygen atoms in total. The predicted octanol–water partition coefficient (Wildman–Crippen LogP) is 2.26. The largest absolute Gasteiger partial charge is 0.353 e. The smallest absolute Gasteiger partial charge is 0.346 e. The fourth-order valence-electron chi connectivity index (χ4n) is 2.73. The summed E-state index contributed by atoms with van der Waals surface area (Å²) in [4.78, 5) is 13.7. The Morgan fingerprint density at radius 1 is 1.32 bits per heavy atom. The van der Waals surface area contributed by atoms with Crippen LogP contribution in [0.3, 0.4) is 0 Å². The molecule has 0 atom stereocenters. The summed E-state index contributed by atoms with van der Waals surface area (Å²) in [5.74, 6) is 0.799. The summed E-state index contributed by atoms with van der Waals surface area (Å²) in [6.45, 7) is 1.99. The van der Waals surface area contributed by atoms with Crippen LogP contribution in [0.4, 0.5) is 0 Å². The Balaban J connectivity index is 1.57. The molecule has 0 bridgehead atoms. The van der Waals surface area contributed by atoms with Gasteiger partial charge in [-0.2, -0.15) is 0 Å². The maximum atomic E-state index is 12.6. The highest BCUT2D eigenvalue weighted by molar-refractivity contribution is 7.13. The molecule has 1 saturated heterocycles. The number of hydrogen-bond donors (Lipinski definition) is 0. The zero-order chi connectivity index (χ0) is 14.9. The summed E-state index contributed by atoms with van der Waals surface area (Å²) in [6.07, 6.45) is 3.52. The SMILES string of the molecule is O=c1n(CCC2OCCCO2)nc(-c2cccs2)n1C1CC1. The van der Waals surface area contributed by atoms with E-state index in [1.54, 1.807) is 16.0 Å². The van der Waals surface area contributed by atoms with E-state index in [4.69, 9.17) is 9.47 Å². The third kappa shape index (κ3) is 2.76. The van der Waals surface area contributed by atoms with Crippen molar-refractivity contribution in [1.82, 2.24) is 14.3 Å². The summed E-state index contributed by atoms with van der Waals surface area (Å²) in [5, 5.41) is 6.58. The first-order valence-electron chi connectivity index (χ1n) is 7.79. The molecule has 2 aromatic heterocycles. The minimum Gasteiger partial charge on any atom is -0.353 e. The summed E-state index contributed by atoms with van der Waals surface area (Å²) in [5.41, 5.74) is -0.0123. The van der Waals surface area contributed by atoms with Gasteiger partial charge in [-0.25, -0.2) is 9.48 Å².